The Hall–Kier alpha value is -1.55. The molecule has 0 saturated heterocycles. The second-order valence-corrected chi connectivity index (χ2v) is 3.91. The monoisotopic (exact) mass is 255 g/mol. The van der Waals surface area contributed by atoms with Crippen LogP contribution in [0.15, 0.2) is 12.1 Å². The number of carbonyl (C=O) groups excluding carboxylic acids is 2. The number of hydrogen-bond acceptors (Lipinski definition) is 3. The number of amides is 1. The normalized spacial score (nSPS) is 9.88. The van der Waals surface area contributed by atoms with Crippen LogP contribution < -0.4 is 10.1 Å². The molecule has 0 radical (unpaired) electrons. The van der Waals surface area contributed by atoms with E-state index < -0.39 is 0 Å². The minimum Gasteiger partial charge on any atom is -0.492 e. The first-order chi connectivity index (χ1) is 7.95. The van der Waals surface area contributed by atoms with Gasteiger partial charge in [-0.3, -0.25) is 9.59 Å². The molecule has 0 aromatic heterocycles. The summed E-state index contributed by atoms with van der Waals surface area (Å²) in [6.07, 6.45) is 0. The maximum absolute atomic E-state index is 11.3. The molecule has 0 heterocycles. The largest absolute Gasteiger partial charge is 0.492 e. The van der Waals surface area contributed by atoms with Gasteiger partial charge in [-0.1, -0.05) is 11.6 Å². The van der Waals surface area contributed by atoms with E-state index in [-0.39, 0.29) is 11.7 Å². The molecular weight excluding hydrogens is 242 g/mol. The Labute approximate surface area is 105 Å². The van der Waals surface area contributed by atoms with Crippen LogP contribution in [0.4, 0.5) is 5.69 Å². The van der Waals surface area contributed by atoms with E-state index in [1.807, 2.05) is 6.92 Å². The molecule has 0 bridgehead atoms. The summed E-state index contributed by atoms with van der Waals surface area (Å²) in [4.78, 5) is 22.4. The zero-order valence-electron chi connectivity index (χ0n) is 9.96. The van der Waals surface area contributed by atoms with Gasteiger partial charge in [0, 0.05) is 18.6 Å². The maximum atomic E-state index is 11.3. The molecule has 4 nitrogen and oxygen atoms in total. The minimum absolute atomic E-state index is 0.162. The van der Waals surface area contributed by atoms with Gasteiger partial charge in [0.1, 0.15) is 5.75 Å². The van der Waals surface area contributed by atoms with Crippen LogP contribution in [0.25, 0.3) is 0 Å². The first-order valence-corrected chi connectivity index (χ1v) is 5.58. The summed E-state index contributed by atoms with van der Waals surface area (Å²) < 4.78 is 5.34. The summed E-state index contributed by atoms with van der Waals surface area (Å²) in [7, 11) is 0. The number of benzene rings is 1. The third-order valence-corrected chi connectivity index (χ3v) is 2.37. The molecular formula is C12H14ClNO3. The highest BCUT2D eigenvalue weighted by atomic mass is 35.5. The Bertz CT molecular complexity index is 457. The van der Waals surface area contributed by atoms with Crippen LogP contribution >= 0.6 is 11.6 Å². The van der Waals surface area contributed by atoms with E-state index >= 15 is 0 Å². The first-order valence-electron chi connectivity index (χ1n) is 5.20. The van der Waals surface area contributed by atoms with E-state index in [2.05, 4.69) is 5.32 Å². The van der Waals surface area contributed by atoms with Crippen LogP contribution in [0.5, 0.6) is 5.75 Å². The van der Waals surface area contributed by atoms with Crippen molar-refractivity contribution in [3.05, 3.63) is 22.7 Å². The number of rotatable bonds is 4. The molecule has 17 heavy (non-hydrogen) atoms. The quantitative estimate of drug-likeness (QED) is 0.842. The fourth-order valence-electron chi connectivity index (χ4n) is 1.39. The van der Waals surface area contributed by atoms with Crippen molar-refractivity contribution < 1.29 is 14.3 Å². The lowest BCUT2D eigenvalue weighted by Gasteiger charge is -2.12. The van der Waals surface area contributed by atoms with E-state index in [0.29, 0.717) is 28.6 Å². The summed E-state index contributed by atoms with van der Waals surface area (Å²) in [5.74, 6) is 0.0603. The lowest BCUT2D eigenvalue weighted by molar-refractivity contribution is -0.114. The van der Waals surface area contributed by atoms with Crippen LogP contribution in [0.3, 0.4) is 0 Å². The van der Waals surface area contributed by atoms with Crippen LogP contribution in [-0.2, 0) is 4.79 Å². The van der Waals surface area contributed by atoms with Gasteiger partial charge >= 0.3 is 0 Å². The van der Waals surface area contributed by atoms with Gasteiger partial charge in [0.05, 0.1) is 17.3 Å². The van der Waals surface area contributed by atoms with E-state index in [4.69, 9.17) is 16.3 Å². The Kier molecular flexibility index (Phi) is 4.52. The van der Waals surface area contributed by atoms with Crippen molar-refractivity contribution in [2.75, 3.05) is 11.9 Å². The number of anilines is 1. The molecule has 1 rings (SSSR count). The zero-order chi connectivity index (χ0) is 13.0. The van der Waals surface area contributed by atoms with E-state index in [9.17, 15) is 9.59 Å². The van der Waals surface area contributed by atoms with E-state index in [0.717, 1.165) is 0 Å². The molecule has 0 aliphatic heterocycles. The molecule has 1 aromatic rings. The van der Waals surface area contributed by atoms with Crippen LogP contribution in [0, 0.1) is 0 Å². The molecule has 0 aliphatic rings. The second kappa shape index (κ2) is 5.68. The highest BCUT2D eigenvalue weighted by molar-refractivity contribution is 6.34. The van der Waals surface area contributed by atoms with Gasteiger partial charge in [-0.2, -0.15) is 0 Å². The number of ether oxygens (including phenoxy) is 1. The smallest absolute Gasteiger partial charge is 0.221 e. The Balaban J connectivity index is 3.25. The van der Waals surface area contributed by atoms with Gasteiger partial charge in [-0.15, -0.1) is 0 Å². The third-order valence-electron chi connectivity index (χ3n) is 2.06. The molecule has 1 aromatic carbocycles. The van der Waals surface area contributed by atoms with E-state index in [1.54, 1.807) is 0 Å². The second-order valence-electron chi connectivity index (χ2n) is 3.50. The summed E-state index contributed by atoms with van der Waals surface area (Å²) in [6.45, 7) is 5.07. The highest BCUT2D eigenvalue weighted by Gasteiger charge is 2.13. The van der Waals surface area contributed by atoms with Gasteiger partial charge in [-0.05, 0) is 19.9 Å². The maximum Gasteiger partial charge on any atom is 0.221 e. The minimum atomic E-state index is -0.234. The Morgan fingerprint density at radius 3 is 2.47 bits per heavy atom. The number of Topliss-reactive ketones (excluding diaryl/α,β-unsaturated/α-hetero) is 1. The lowest BCUT2D eigenvalue weighted by Crippen LogP contribution is -2.09. The van der Waals surface area contributed by atoms with Crippen molar-refractivity contribution in [2.24, 2.45) is 0 Å². The number of carbonyl (C=O) groups is 2. The zero-order valence-corrected chi connectivity index (χ0v) is 10.7. The standard InChI is InChI=1S/C12H14ClNO3/c1-4-17-12-6-10(13)9(7(2)15)5-11(12)14-8(3)16/h5-6H,4H2,1-3H3,(H,14,16). The third kappa shape index (κ3) is 3.46. The van der Waals surface area contributed by atoms with Crippen LogP contribution in [-0.4, -0.2) is 18.3 Å². The summed E-state index contributed by atoms with van der Waals surface area (Å²) in [5.41, 5.74) is 0.813. The van der Waals surface area contributed by atoms with Gasteiger partial charge < -0.3 is 10.1 Å². The predicted octanol–water partition coefficient (Wildman–Crippen LogP) is 2.90. The van der Waals surface area contributed by atoms with Crippen molar-refractivity contribution in [1.29, 1.82) is 0 Å². The molecule has 5 heteroatoms. The molecule has 0 aliphatic carbocycles. The molecule has 1 amide bonds. The average molecular weight is 256 g/mol. The highest BCUT2D eigenvalue weighted by Crippen LogP contribution is 2.31. The number of nitrogens with one attached hydrogen (secondary N) is 1. The fourth-order valence-corrected chi connectivity index (χ4v) is 1.67. The van der Waals surface area contributed by atoms with Crippen molar-refractivity contribution in [3.63, 3.8) is 0 Å². The van der Waals surface area contributed by atoms with Crippen molar-refractivity contribution in [3.8, 4) is 5.75 Å². The number of hydrogen-bond donors (Lipinski definition) is 1. The molecule has 0 fully saturated rings. The molecule has 0 saturated carbocycles. The van der Waals surface area contributed by atoms with Gasteiger partial charge in [0.2, 0.25) is 5.91 Å². The molecule has 0 unspecified atom stereocenters. The van der Waals surface area contributed by atoms with Crippen LogP contribution in [0.1, 0.15) is 31.1 Å². The van der Waals surface area contributed by atoms with Crippen molar-refractivity contribution in [2.45, 2.75) is 20.8 Å². The van der Waals surface area contributed by atoms with Gasteiger partial charge in [0.15, 0.2) is 5.78 Å². The molecule has 1 N–H and O–H groups in total. The van der Waals surface area contributed by atoms with Gasteiger partial charge in [-0.25, -0.2) is 0 Å². The molecule has 0 atom stereocenters. The predicted molar refractivity (Wildman–Crippen MR) is 66.9 cm³/mol. The number of halogens is 1. The van der Waals surface area contributed by atoms with Crippen molar-refractivity contribution >= 4 is 29.0 Å². The summed E-state index contributed by atoms with van der Waals surface area (Å²) in [6, 6.07) is 3.06. The SMILES string of the molecule is CCOc1cc(Cl)c(C(C)=O)cc1NC(C)=O. The first kappa shape index (κ1) is 13.5. The van der Waals surface area contributed by atoms with E-state index in [1.165, 1.54) is 26.0 Å². The Morgan fingerprint density at radius 2 is 2.00 bits per heavy atom. The van der Waals surface area contributed by atoms with Crippen LogP contribution in [0.2, 0.25) is 5.02 Å². The average Bonchev–Trinajstić information content (AvgIpc) is 2.21. The van der Waals surface area contributed by atoms with Gasteiger partial charge in [0.25, 0.3) is 0 Å². The molecule has 92 valence electrons. The summed E-state index contributed by atoms with van der Waals surface area (Å²) >= 11 is 5.96. The topological polar surface area (TPSA) is 55.4 Å². The lowest BCUT2D eigenvalue weighted by atomic mass is 10.1. The number of ketones is 1. The Morgan fingerprint density at radius 1 is 1.35 bits per heavy atom. The summed E-state index contributed by atoms with van der Waals surface area (Å²) in [5, 5.41) is 2.92. The fraction of sp³-hybridized carbons (Fsp3) is 0.333. The van der Waals surface area contributed by atoms with Crippen molar-refractivity contribution in [1.82, 2.24) is 0 Å². The molecule has 0 spiro atoms.